The molecule has 0 aliphatic carbocycles. The minimum Gasteiger partial charge on any atom is -0.355 e. The quantitative estimate of drug-likeness (QED) is 0.548. The number of nitrogens with zero attached hydrogens (tertiary/aromatic N) is 2. The van der Waals surface area contributed by atoms with Crippen LogP contribution in [0.3, 0.4) is 0 Å². The number of fused-ring (bicyclic) bond motifs is 1. The van der Waals surface area contributed by atoms with Gasteiger partial charge in [0.25, 0.3) is 0 Å². The highest BCUT2D eigenvalue weighted by Crippen LogP contribution is 2.09. The Morgan fingerprint density at radius 2 is 2.30 bits per heavy atom. The minimum atomic E-state index is 0.741. The van der Waals surface area contributed by atoms with Crippen molar-refractivity contribution in [3.05, 3.63) is 24.0 Å². The minimum absolute atomic E-state index is 0.741. The third-order valence-corrected chi connectivity index (χ3v) is 1.35. The van der Waals surface area contributed by atoms with E-state index < -0.39 is 0 Å². The molecule has 0 aliphatic rings. The van der Waals surface area contributed by atoms with Gasteiger partial charge in [0, 0.05) is 5.69 Å². The fourth-order valence-electron chi connectivity index (χ4n) is 0.867. The van der Waals surface area contributed by atoms with Crippen LogP contribution in [0.15, 0.2) is 22.9 Å². The van der Waals surface area contributed by atoms with Gasteiger partial charge in [-0.25, -0.2) is 4.98 Å². The summed E-state index contributed by atoms with van der Waals surface area (Å²) in [4.78, 5) is 4.18. The Labute approximate surface area is 57.7 Å². The summed E-state index contributed by atoms with van der Waals surface area (Å²) in [6.07, 6.45) is 1.61. The molecule has 3 nitrogen and oxygen atoms in total. The highest BCUT2D eigenvalue weighted by Gasteiger charge is 1.96. The molecule has 0 radical (unpaired) electrons. The van der Waals surface area contributed by atoms with E-state index in [1.807, 2.05) is 19.1 Å². The molecule has 0 saturated carbocycles. The van der Waals surface area contributed by atoms with Gasteiger partial charge in [0.2, 0.25) is 0 Å². The maximum absolute atomic E-state index is 4.86. The van der Waals surface area contributed by atoms with Gasteiger partial charge in [0.05, 0.1) is 6.20 Å². The number of aryl methyl sites for hydroxylation is 1. The molecule has 2 aromatic rings. The second-order valence-corrected chi connectivity index (χ2v) is 2.16. The Kier molecular flexibility index (Phi) is 0.974. The largest absolute Gasteiger partial charge is 0.355 e. The van der Waals surface area contributed by atoms with Crippen LogP contribution in [0, 0.1) is 6.92 Å². The molecule has 0 unspecified atom stereocenters. The van der Waals surface area contributed by atoms with Gasteiger partial charge in [0.15, 0.2) is 5.58 Å². The number of hydrogen-bond acceptors (Lipinski definition) is 3. The zero-order valence-corrected chi connectivity index (χ0v) is 5.53. The Morgan fingerprint density at radius 3 is 3.20 bits per heavy atom. The van der Waals surface area contributed by atoms with Gasteiger partial charge in [-0.05, 0) is 19.1 Å². The molecule has 2 heterocycles. The van der Waals surface area contributed by atoms with E-state index in [-0.39, 0.29) is 0 Å². The van der Waals surface area contributed by atoms with Crippen LogP contribution < -0.4 is 0 Å². The first-order chi connectivity index (χ1) is 4.86. The zero-order valence-electron chi connectivity index (χ0n) is 5.53. The third kappa shape index (κ3) is 0.673. The first-order valence-electron chi connectivity index (χ1n) is 3.04. The highest BCUT2D eigenvalue weighted by atomic mass is 16.5. The normalized spacial score (nSPS) is 10.5. The lowest BCUT2D eigenvalue weighted by molar-refractivity contribution is 0.456. The van der Waals surface area contributed by atoms with E-state index >= 15 is 0 Å². The first-order valence-corrected chi connectivity index (χ1v) is 3.04. The maximum atomic E-state index is 4.86. The van der Waals surface area contributed by atoms with E-state index in [4.69, 9.17) is 4.52 Å². The molecule has 0 bridgehead atoms. The summed E-state index contributed by atoms with van der Waals surface area (Å²) in [6.45, 7) is 1.94. The van der Waals surface area contributed by atoms with Crippen molar-refractivity contribution in [2.45, 2.75) is 6.92 Å². The Balaban J connectivity index is 2.86. The van der Waals surface area contributed by atoms with Crippen molar-refractivity contribution in [2.75, 3.05) is 0 Å². The molecule has 2 rings (SSSR count). The summed E-state index contributed by atoms with van der Waals surface area (Å²) in [5, 5.41) is 3.60. The molecule has 0 spiro atoms. The fraction of sp³-hybridized carbons (Fsp3) is 0.143. The van der Waals surface area contributed by atoms with Gasteiger partial charge in [-0.3, -0.25) is 0 Å². The highest BCUT2D eigenvalue weighted by molar-refractivity contribution is 5.70. The average Bonchev–Trinajstić information content (AvgIpc) is 2.33. The lowest BCUT2D eigenvalue weighted by atomic mass is 10.3. The summed E-state index contributed by atoms with van der Waals surface area (Å²) in [6, 6.07) is 3.76. The van der Waals surface area contributed by atoms with Crippen LogP contribution in [0.4, 0.5) is 0 Å². The predicted molar refractivity (Wildman–Crippen MR) is 36.5 cm³/mol. The van der Waals surface area contributed by atoms with Gasteiger partial charge in [0.1, 0.15) is 5.52 Å². The number of rotatable bonds is 0. The lowest BCUT2D eigenvalue weighted by Crippen LogP contribution is -1.77. The number of hydrogen-bond donors (Lipinski definition) is 0. The summed E-state index contributed by atoms with van der Waals surface area (Å²) in [5.74, 6) is 0. The molecule has 0 N–H and O–H groups in total. The van der Waals surface area contributed by atoms with Crippen LogP contribution in [-0.4, -0.2) is 10.1 Å². The van der Waals surface area contributed by atoms with E-state index in [9.17, 15) is 0 Å². The van der Waals surface area contributed by atoms with Crippen LogP contribution >= 0.6 is 0 Å². The zero-order chi connectivity index (χ0) is 6.97. The van der Waals surface area contributed by atoms with E-state index in [1.165, 1.54) is 0 Å². The fourth-order valence-corrected chi connectivity index (χ4v) is 0.867. The molecule has 0 saturated heterocycles. The second-order valence-electron chi connectivity index (χ2n) is 2.16. The Morgan fingerprint density at radius 1 is 1.40 bits per heavy atom. The van der Waals surface area contributed by atoms with Crippen molar-refractivity contribution in [1.29, 1.82) is 0 Å². The van der Waals surface area contributed by atoms with E-state index in [2.05, 4.69) is 10.1 Å². The van der Waals surface area contributed by atoms with Gasteiger partial charge >= 0.3 is 0 Å². The van der Waals surface area contributed by atoms with E-state index in [1.54, 1.807) is 6.20 Å². The lowest BCUT2D eigenvalue weighted by Gasteiger charge is -1.86. The Bertz CT molecular complexity index is 353. The van der Waals surface area contributed by atoms with Gasteiger partial charge in [-0.1, -0.05) is 5.16 Å². The van der Waals surface area contributed by atoms with Gasteiger partial charge < -0.3 is 4.52 Å². The van der Waals surface area contributed by atoms with Crippen molar-refractivity contribution in [1.82, 2.24) is 10.1 Å². The predicted octanol–water partition coefficient (Wildman–Crippen LogP) is 1.53. The van der Waals surface area contributed by atoms with Crippen molar-refractivity contribution in [2.24, 2.45) is 0 Å². The van der Waals surface area contributed by atoms with Crippen molar-refractivity contribution in [3.63, 3.8) is 0 Å². The van der Waals surface area contributed by atoms with Crippen LogP contribution in [0.25, 0.3) is 11.1 Å². The molecule has 0 amide bonds. The monoisotopic (exact) mass is 134 g/mol. The molecule has 10 heavy (non-hydrogen) atoms. The average molecular weight is 134 g/mol. The molecular formula is C7H6N2O. The molecular weight excluding hydrogens is 128 g/mol. The number of pyridine rings is 1. The van der Waals surface area contributed by atoms with Crippen molar-refractivity contribution in [3.8, 4) is 0 Å². The molecule has 2 aromatic heterocycles. The molecule has 0 fully saturated rings. The Hall–Kier alpha value is -1.38. The smallest absolute Gasteiger partial charge is 0.185 e. The molecule has 50 valence electrons. The van der Waals surface area contributed by atoms with E-state index in [0.717, 1.165) is 16.8 Å². The standard InChI is InChI=1S/C7H6N2O/c1-5-2-3-7-6(9-5)4-8-10-7/h2-4H,1H3. The molecule has 3 heteroatoms. The van der Waals surface area contributed by atoms with Crippen LogP contribution in [0.2, 0.25) is 0 Å². The second kappa shape index (κ2) is 1.80. The van der Waals surface area contributed by atoms with Gasteiger partial charge in [-0.15, -0.1) is 0 Å². The summed E-state index contributed by atoms with van der Waals surface area (Å²) >= 11 is 0. The van der Waals surface area contributed by atoms with Crippen LogP contribution in [0.1, 0.15) is 5.69 Å². The summed E-state index contributed by atoms with van der Waals surface area (Å²) in [5.41, 5.74) is 2.54. The van der Waals surface area contributed by atoms with Gasteiger partial charge in [-0.2, -0.15) is 0 Å². The van der Waals surface area contributed by atoms with Crippen LogP contribution in [-0.2, 0) is 0 Å². The first kappa shape index (κ1) is 5.41. The topological polar surface area (TPSA) is 38.9 Å². The SMILES string of the molecule is Cc1ccc2oncc2n1. The van der Waals surface area contributed by atoms with E-state index in [0.29, 0.717) is 0 Å². The number of aromatic nitrogens is 2. The van der Waals surface area contributed by atoms with Crippen molar-refractivity contribution < 1.29 is 4.52 Å². The van der Waals surface area contributed by atoms with Crippen molar-refractivity contribution >= 4 is 11.1 Å². The summed E-state index contributed by atoms with van der Waals surface area (Å²) < 4.78 is 4.86. The molecule has 0 aliphatic heterocycles. The maximum Gasteiger partial charge on any atom is 0.185 e. The third-order valence-electron chi connectivity index (χ3n) is 1.35. The molecule has 0 atom stereocenters. The summed E-state index contributed by atoms with van der Waals surface area (Å²) in [7, 11) is 0. The molecule has 0 aromatic carbocycles. The van der Waals surface area contributed by atoms with Crippen LogP contribution in [0.5, 0.6) is 0 Å².